The molecule has 0 spiro atoms. The van der Waals surface area contributed by atoms with Crippen molar-refractivity contribution < 1.29 is 14.4 Å². The normalized spacial score (nSPS) is 34.8. The summed E-state index contributed by atoms with van der Waals surface area (Å²) in [7, 11) is 0. The number of carbonyl (C=O) groups is 2. The summed E-state index contributed by atoms with van der Waals surface area (Å²) in [5.74, 6) is -0.998. The van der Waals surface area contributed by atoms with Crippen molar-refractivity contribution in [3.8, 4) is 0 Å². The molecule has 2 amide bonds. The summed E-state index contributed by atoms with van der Waals surface area (Å²) in [5, 5.41) is 7.65. The molecule has 2 aromatic carbocycles. The predicted molar refractivity (Wildman–Crippen MR) is 105 cm³/mol. The lowest BCUT2D eigenvalue weighted by molar-refractivity contribution is -0.457. The van der Waals surface area contributed by atoms with E-state index in [1.165, 1.54) is 0 Å². The van der Waals surface area contributed by atoms with Crippen molar-refractivity contribution in [2.45, 2.75) is 42.9 Å². The molecule has 7 heteroatoms. The van der Waals surface area contributed by atoms with Crippen LogP contribution in [0.3, 0.4) is 0 Å². The Morgan fingerprint density at radius 1 is 0.966 bits per heavy atom. The molecule has 0 aromatic heterocycles. The SMILES string of the molecule is O=C1NC(=O)[C@H]2[C@@H]1[C@]13CCCC[C@]1([N-][N+](c1ccccc1)=N3)N2c1ccccc1. The third kappa shape index (κ3) is 1.97. The fourth-order valence-corrected chi connectivity index (χ4v) is 5.82. The van der Waals surface area contributed by atoms with Crippen molar-refractivity contribution in [2.24, 2.45) is 11.0 Å². The van der Waals surface area contributed by atoms with Crippen LogP contribution in [0.4, 0.5) is 11.4 Å². The molecular weight excluding hydrogens is 366 g/mol. The highest BCUT2D eigenvalue weighted by Gasteiger charge is 2.75. The van der Waals surface area contributed by atoms with Crippen LogP contribution in [0.25, 0.3) is 5.43 Å². The van der Waals surface area contributed by atoms with Crippen LogP contribution in [0.15, 0.2) is 65.8 Å². The van der Waals surface area contributed by atoms with E-state index in [1.807, 2.05) is 60.7 Å². The summed E-state index contributed by atoms with van der Waals surface area (Å²) in [6.07, 6.45) is 3.46. The summed E-state index contributed by atoms with van der Waals surface area (Å²) in [6.45, 7) is 0. The summed E-state index contributed by atoms with van der Waals surface area (Å²) < 4.78 is 0. The average molecular weight is 387 g/mol. The number of fused-ring (bicyclic) bond motifs is 1. The largest absolute Gasteiger partial charge is 0.347 e. The lowest BCUT2D eigenvalue weighted by Gasteiger charge is -2.49. The van der Waals surface area contributed by atoms with Crippen molar-refractivity contribution in [3.63, 3.8) is 0 Å². The fraction of sp³-hybridized carbons (Fsp3) is 0.364. The van der Waals surface area contributed by atoms with E-state index in [4.69, 9.17) is 10.5 Å². The number of rotatable bonds is 2. The molecule has 29 heavy (non-hydrogen) atoms. The molecule has 1 saturated carbocycles. The van der Waals surface area contributed by atoms with Gasteiger partial charge >= 0.3 is 0 Å². The van der Waals surface area contributed by atoms with Crippen LogP contribution in [-0.2, 0) is 9.59 Å². The Morgan fingerprint density at radius 3 is 2.41 bits per heavy atom. The molecule has 6 rings (SSSR count). The van der Waals surface area contributed by atoms with E-state index >= 15 is 0 Å². The highest BCUT2D eigenvalue weighted by atomic mass is 16.2. The number of nitrogens with zero attached hydrogens (tertiary/aromatic N) is 4. The Hall–Kier alpha value is -3.22. The van der Waals surface area contributed by atoms with Gasteiger partial charge in [0.05, 0.1) is 11.5 Å². The number of carbonyl (C=O) groups excluding carboxylic acids is 2. The standard InChI is InChI=1S/C22H21N5O2/c28-19-17-18(20(29)23-19)26(15-9-3-1-4-10-15)22-14-8-7-13-21(17,22)24-27(25-22)16-11-5-2-6-12-16/h1-6,9-12,17-18H,7-8,13-14H2,(H,23,28,29)/t17-,18+,21+,22-/m0/s1. The number of hydrogen-bond donors (Lipinski definition) is 1. The minimum Gasteiger partial charge on any atom is -0.347 e. The predicted octanol–water partition coefficient (Wildman–Crippen LogP) is 3.26. The van der Waals surface area contributed by atoms with Gasteiger partial charge in [0.25, 0.3) is 0 Å². The van der Waals surface area contributed by atoms with Gasteiger partial charge in [0.1, 0.15) is 11.7 Å². The van der Waals surface area contributed by atoms with Gasteiger partial charge in [-0.2, -0.15) is 5.43 Å². The van der Waals surface area contributed by atoms with Gasteiger partial charge in [-0.1, -0.05) is 49.2 Å². The van der Waals surface area contributed by atoms with Crippen molar-refractivity contribution in [1.82, 2.24) is 5.32 Å². The first-order chi connectivity index (χ1) is 14.2. The third-order valence-electron chi connectivity index (χ3n) is 6.89. The third-order valence-corrected chi connectivity index (χ3v) is 6.89. The van der Waals surface area contributed by atoms with E-state index in [0.717, 1.165) is 37.1 Å². The molecular formula is C22H21N5O2. The molecule has 2 aromatic rings. The minimum absolute atomic E-state index is 0.224. The Bertz CT molecular complexity index is 1040. The Balaban J connectivity index is 1.60. The molecule has 4 aliphatic rings. The molecule has 1 aliphatic carbocycles. The quantitative estimate of drug-likeness (QED) is 0.635. The van der Waals surface area contributed by atoms with Gasteiger partial charge in [-0.05, 0) is 25.0 Å². The zero-order valence-corrected chi connectivity index (χ0v) is 15.9. The van der Waals surface area contributed by atoms with E-state index in [1.54, 1.807) is 4.81 Å². The Labute approximate surface area is 168 Å². The molecule has 7 nitrogen and oxygen atoms in total. The monoisotopic (exact) mass is 387 g/mol. The van der Waals surface area contributed by atoms with E-state index in [9.17, 15) is 9.59 Å². The second-order valence-electron chi connectivity index (χ2n) is 8.25. The Morgan fingerprint density at radius 2 is 1.66 bits per heavy atom. The number of azo groups is 1. The molecule has 3 aliphatic heterocycles. The molecule has 0 bridgehead atoms. The summed E-state index contributed by atoms with van der Waals surface area (Å²) in [4.78, 5) is 29.7. The van der Waals surface area contributed by atoms with Crippen molar-refractivity contribution in [3.05, 3.63) is 66.1 Å². The molecule has 0 unspecified atom stereocenters. The highest BCUT2D eigenvalue weighted by molar-refractivity contribution is 6.11. The van der Waals surface area contributed by atoms with Crippen LogP contribution < -0.4 is 10.2 Å². The van der Waals surface area contributed by atoms with Gasteiger partial charge in [0.2, 0.25) is 17.5 Å². The minimum atomic E-state index is -0.738. The lowest BCUT2D eigenvalue weighted by atomic mass is 9.68. The maximum absolute atomic E-state index is 13.0. The number of hydrogen-bond acceptors (Lipinski definition) is 4. The lowest BCUT2D eigenvalue weighted by Crippen LogP contribution is -2.60. The zero-order chi connectivity index (χ0) is 19.6. The number of nitrogens with one attached hydrogen (secondary N) is 1. The summed E-state index contributed by atoms with van der Waals surface area (Å²) in [6, 6.07) is 19.1. The van der Waals surface area contributed by atoms with Gasteiger partial charge in [-0.25, -0.2) is 5.11 Å². The number of benzene rings is 2. The molecule has 3 heterocycles. The summed E-state index contributed by atoms with van der Waals surface area (Å²) in [5.41, 5.74) is 5.44. The van der Waals surface area contributed by atoms with Crippen LogP contribution in [-0.4, -0.2) is 33.9 Å². The number of anilines is 1. The van der Waals surface area contributed by atoms with Gasteiger partial charge in [0, 0.05) is 17.8 Å². The second-order valence-corrected chi connectivity index (χ2v) is 8.25. The van der Waals surface area contributed by atoms with E-state index < -0.39 is 23.2 Å². The first-order valence-electron chi connectivity index (χ1n) is 10.2. The van der Waals surface area contributed by atoms with Crippen molar-refractivity contribution in [2.75, 3.05) is 4.90 Å². The molecule has 1 N–H and O–H groups in total. The van der Waals surface area contributed by atoms with E-state index in [-0.39, 0.29) is 11.8 Å². The van der Waals surface area contributed by atoms with Gasteiger partial charge in [0.15, 0.2) is 0 Å². The van der Waals surface area contributed by atoms with Crippen molar-refractivity contribution >= 4 is 23.2 Å². The Kier molecular flexibility index (Phi) is 3.26. The van der Waals surface area contributed by atoms with Crippen LogP contribution in [0.5, 0.6) is 0 Å². The maximum Gasteiger partial charge on any atom is 0.250 e. The number of para-hydroxylation sites is 2. The molecule has 3 fully saturated rings. The first-order valence-corrected chi connectivity index (χ1v) is 10.2. The van der Waals surface area contributed by atoms with Gasteiger partial charge < -0.3 is 4.90 Å². The average Bonchev–Trinajstić information content (AvgIpc) is 3.33. The summed E-state index contributed by atoms with van der Waals surface area (Å²) >= 11 is 0. The molecule has 4 atom stereocenters. The van der Waals surface area contributed by atoms with Crippen LogP contribution >= 0.6 is 0 Å². The highest BCUT2D eigenvalue weighted by Crippen LogP contribution is 2.64. The first kappa shape index (κ1) is 16.7. The van der Waals surface area contributed by atoms with E-state index in [0.29, 0.717) is 0 Å². The molecule has 146 valence electrons. The van der Waals surface area contributed by atoms with Crippen LogP contribution in [0, 0.1) is 5.92 Å². The van der Waals surface area contributed by atoms with Gasteiger partial charge in [-0.15, -0.1) is 4.81 Å². The molecule has 0 radical (unpaired) electrons. The van der Waals surface area contributed by atoms with Gasteiger partial charge in [-0.3, -0.25) is 14.9 Å². The van der Waals surface area contributed by atoms with Crippen LogP contribution in [0.2, 0.25) is 0 Å². The maximum atomic E-state index is 13.0. The number of imide groups is 1. The number of amides is 2. The molecule has 2 saturated heterocycles. The van der Waals surface area contributed by atoms with Crippen LogP contribution in [0.1, 0.15) is 25.7 Å². The zero-order valence-electron chi connectivity index (χ0n) is 15.9. The topological polar surface area (TPSA) is 78.9 Å². The fourth-order valence-electron chi connectivity index (χ4n) is 5.82. The smallest absolute Gasteiger partial charge is 0.250 e. The second kappa shape index (κ2) is 5.65. The van der Waals surface area contributed by atoms with E-state index in [2.05, 4.69) is 10.2 Å². The van der Waals surface area contributed by atoms with Crippen molar-refractivity contribution in [1.29, 1.82) is 0 Å².